The van der Waals surface area contributed by atoms with Crippen LogP contribution in [0.25, 0.3) is 0 Å². The summed E-state index contributed by atoms with van der Waals surface area (Å²) in [4.78, 5) is 5.78. The summed E-state index contributed by atoms with van der Waals surface area (Å²) in [6.07, 6.45) is 0.834. The van der Waals surface area contributed by atoms with Crippen LogP contribution < -0.4 is 15.4 Å². The molecule has 0 amide bonds. The fourth-order valence-corrected chi connectivity index (χ4v) is 2.53. The fourth-order valence-electron chi connectivity index (χ4n) is 1.90. The minimum absolute atomic E-state index is 0.253. The van der Waals surface area contributed by atoms with Crippen molar-refractivity contribution >= 4 is 17.3 Å². The number of nitrogens with zero attached hydrogens (tertiary/aromatic N) is 1. The molecule has 0 saturated carbocycles. The smallest absolute Gasteiger partial charge is 0.191 e. The second kappa shape index (κ2) is 9.84. The van der Waals surface area contributed by atoms with E-state index in [1.165, 1.54) is 17.0 Å². The first-order chi connectivity index (χ1) is 11.3. The quantitative estimate of drug-likeness (QED) is 0.441. The molecule has 2 aromatic rings. The first-order valence-corrected chi connectivity index (χ1v) is 8.59. The Kier molecular flexibility index (Phi) is 7.39. The Balaban J connectivity index is 1.67. The van der Waals surface area contributed by atoms with Crippen LogP contribution in [0, 0.1) is 5.82 Å². The van der Waals surface area contributed by atoms with E-state index < -0.39 is 0 Å². The predicted molar refractivity (Wildman–Crippen MR) is 93.6 cm³/mol. The summed E-state index contributed by atoms with van der Waals surface area (Å²) in [5.74, 6) is 1.24. The number of thiophene rings is 1. The number of nitrogens with one attached hydrogen (secondary N) is 2. The van der Waals surface area contributed by atoms with Crippen LogP contribution in [0.5, 0.6) is 5.75 Å². The lowest BCUT2D eigenvalue weighted by Crippen LogP contribution is -2.38. The van der Waals surface area contributed by atoms with Gasteiger partial charge in [0, 0.05) is 18.0 Å². The molecular formula is C17H22FN3OS. The van der Waals surface area contributed by atoms with E-state index in [1.54, 1.807) is 23.5 Å². The minimum Gasteiger partial charge on any atom is -0.494 e. The summed E-state index contributed by atoms with van der Waals surface area (Å²) in [7, 11) is 0. The van der Waals surface area contributed by atoms with Gasteiger partial charge in [0.05, 0.1) is 13.2 Å². The Bertz CT molecular complexity index is 584. The second-order valence-electron chi connectivity index (χ2n) is 4.86. The molecule has 0 bridgehead atoms. The monoisotopic (exact) mass is 335 g/mol. The van der Waals surface area contributed by atoms with E-state index in [0.29, 0.717) is 18.9 Å². The van der Waals surface area contributed by atoms with Gasteiger partial charge in [-0.2, -0.15) is 0 Å². The SMILES string of the molecule is CCNC(=NCc1cccs1)NCCCOc1ccc(F)cc1. The van der Waals surface area contributed by atoms with Gasteiger partial charge in [-0.3, -0.25) is 0 Å². The largest absolute Gasteiger partial charge is 0.494 e. The highest BCUT2D eigenvalue weighted by Gasteiger charge is 1.99. The van der Waals surface area contributed by atoms with Gasteiger partial charge in [0.25, 0.3) is 0 Å². The summed E-state index contributed by atoms with van der Waals surface area (Å²) in [6.45, 7) is 4.88. The number of guanidine groups is 1. The molecule has 1 heterocycles. The summed E-state index contributed by atoms with van der Waals surface area (Å²) >= 11 is 1.70. The maximum Gasteiger partial charge on any atom is 0.191 e. The van der Waals surface area contributed by atoms with Crippen molar-refractivity contribution in [1.29, 1.82) is 0 Å². The van der Waals surface area contributed by atoms with Crippen LogP contribution in [0.15, 0.2) is 46.8 Å². The summed E-state index contributed by atoms with van der Waals surface area (Å²) in [5, 5.41) is 8.56. The van der Waals surface area contributed by atoms with E-state index >= 15 is 0 Å². The van der Waals surface area contributed by atoms with Gasteiger partial charge in [-0.15, -0.1) is 11.3 Å². The van der Waals surface area contributed by atoms with E-state index in [0.717, 1.165) is 25.5 Å². The topological polar surface area (TPSA) is 45.7 Å². The Morgan fingerprint density at radius 1 is 1.22 bits per heavy atom. The summed E-state index contributed by atoms with van der Waals surface area (Å²) in [5.41, 5.74) is 0. The predicted octanol–water partition coefficient (Wildman–Crippen LogP) is 3.41. The van der Waals surface area contributed by atoms with Gasteiger partial charge in [-0.1, -0.05) is 6.07 Å². The number of hydrogen-bond donors (Lipinski definition) is 2. The molecule has 0 atom stereocenters. The van der Waals surface area contributed by atoms with Gasteiger partial charge in [0.2, 0.25) is 0 Å². The van der Waals surface area contributed by atoms with Gasteiger partial charge < -0.3 is 15.4 Å². The molecule has 23 heavy (non-hydrogen) atoms. The number of rotatable bonds is 8. The number of halogens is 1. The van der Waals surface area contributed by atoms with E-state index in [1.807, 2.05) is 13.0 Å². The number of ether oxygens (including phenoxy) is 1. The molecule has 1 aromatic carbocycles. The number of hydrogen-bond acceptors (Lipinski definition) is 3. The van der Waals surface area contributed by atoms with Crippen LogP contribution in [0.2, 0.25) is 0 Å². The highest BCUT2D eigenvalue weighted by Crippen LogP contribution is 2.11. The lowest BCUT2D eigenvalue weighted by atomic mass is 10.3. The van der Waals surface area contributed by atoms with Crippen LogP contribution in [-0.4, -0.2) is 25.7 Å². The first-order valence-electron chi connectivity index (χ1n) is 7.71. The van der Waals surface area contributed by atoms with Crippen molar-refractivity contribution in [2.45, 2.75) is 19.9 Å². The Labute approximate surface area is 140 Å². The van der Waals surface area contributed by atoms with Crippen LogP contribution in [0.3, 0.4) is 0 Å². The molecule has 124 valence electrons. The van der Waals surface area contributed by atoms with Crippen molar-refractivity contribution in [1.82, 2.24) is 10.6 Å². The van der Waals surface area contributed by atoms with E-state index in [4.69, 9.17) is 4.74 Å². The van der Waals surface area contributed by atoms with Crippen LogP contribution in [0.1, 0.15) is 18.2 Å². The van der Waals surface area contributed by atoms with Crippen molar-refractivity contribution in [3.8, 4) is 5.75 Å². The Morgan fingerprint density at radius 2 is 2.04 bits per heavy atom. The zero-order valence-corrected chi connectivity index (χ0v) is 14.0. The Hall–Kier alpha value is -2.08. The molecule has 6 heteroatoms. The normalized spacial score (nSPS) is 11.3. The Morgan fingerprint density at radius 3 is 2.74 bits per heavy atom. The molecule has 4 nitrogen and oxygen atoms in total. The molecule has 0 aliphatic rings. The van der Waals surface area contributed by atoms with Crippen molar-refractivity contribution in [3.05, 3.63) is 52.5 Å². The average Bonchev–Trinajstić information content (AvgIpc) is 3.07. The van der Waals surface area contributed by atoms with Crippen LogP contribution >= 0.6 is 11.3 Å². The van der Waals surface area contributed by atoms with Gasteiger partial charge in [-0.25, -0.2) is 9.38 Å². The molecular weight excluding hydrogens is 313 g/mol. The van der Waals surface area contributed by atoms with Crippen LogP contribution in [0.4, 0.5) is 4.39 Å². The molecule has 2 rings (SSSR count). The lowest BCUT2D eigenvalue weighted by molar-refractivity contribution is 0.310. The van der Waals surface area contributed by atoms with Gasteiger partial charge in [0.1, 0.15) is 11.6 Å². The van der Waals surface area contributed by atoms with Gasteiger partial charge >= 0.3 is 0 Å². The molecule has 0 spiro atoms. The third-order valence-corrected chi connectivity index (χ3v) is 3.87. The second-order valence-corrected chi connectivity index (χ2v) is 5.89. The lowest BCUT2D eigenvalue weighted by Gasteiger charge is -2.11. The summed E-state index contributed by atoms with van der Waals surface area (Å²) < 4.78 is 18.3. The van der Waals surface area contributed by atoms with Crippen LogP contribution in [-0.2, 0) is 6.54 Å². The zero-order valence-electron chi connectivity index (χ0n) is 13.2. The standard InChI is InChI=1S/C17H22FN3OS/c1-2-19-17(21-13-16-5-3-12-23-16)20-10-4-11-22-15-8-6-14(18)7-9-15/h3,5-9,12H,2,4,10-11,13H2,1H3,(H2,19,20,21). The van der Waals surface area contributed by atoms with E-state index in [-0.39, 0.29) is 5.82 Å². The minimum atomic E-state index is -0.253. The van der Waals surface area contributed by atoms with Gasteiger partial charge in [0.15, 0.2) is 5.96 Å². The highest BCUT2D eigenvalue weighted by molar-refractivity contribution is 7.09. The van der Waals surface area contributed by atoms with Crippen molar-refractivity contribution in [2.75, 3.05) is 19.7 Å². The fraction of sp³-hybridized carbons (Fsp3) is 0.353. The molecule has 0 unspecified atom stereocenters. The third-order valence-electron chi connectivity index (χ3n) is 3.01. The molecule has 0 aliphatic carbocycles. The molecule has 0 fully saturated rings. The van der Waals surface area contributed by atoms with E-state index in [9.17, 15) is 4.39 Å². The summed E-state index contributed by atoms with van der Waals surface area (Å²) in [6, 6.07) is 10.2. The maximum atomic E-state index is 12.8. The van der Waals surface area contributed by atoms with Crippen molar-refractivity contribution in [3.63, 3.8) is 0 Å². The third kappa shape index (κ3) is 6.69. The van der Waals surface area contributed by atoms with E-state index in [2.05, 4.69) is 27.1 Å². The molecule has 2 N–H and O–H groups in total. The molecule has 0 saturated heterocycles. The highest BCUT2D eigenvalue weighted by atomic mass is 32.1. The van der Waals surface area contributed by atoms with Crippen molar-refractivity contribution < 1.29 is 9.13 Å². The average molecular weight is 335 g/mol. The number of benzene rings is 1. The van der Waals surface area contributed by atoms with Crippen molar-refractivity contribution in [2.24, 2.45) is 4.99 Å². The molecule has 0 radical (unpaired) electrons. The number of aliphatic imine (C=N–C) groups is 1. The maximum absolute atomic E-state index is 12.8. The van der Waals surface area contributed by atoms with Gasteiger partial charge in [-0.05, 0) is 49.1 Å². The first kappa shape index (κ1) is 17.3. The molecule has 1 aromatic heterocycles. The zero-order chi connectivity index (χ0) is 16.3. The molecule has 0 aliphatic heterocycles.